The van der Waals surface area contributed by atoms with E-state index in [1.54, 1.807) is 35.6 Å². The number of carbonyl (C=O) groups excluding carboxylic acids is 1. The third kappa shape index (κ3) is 4.36. The van der Waals surface area contributed by atoms with Crippen LogP contribution in [0.15, 0.2) is 48.5 Å². The molecule has 122 valence electrons. The summed E-state index contributed by atoms with van der Waals surface area (Å²) in [6.45, 7) is 0. The van der Waals surface area contributed by atoms with E-state index in [4.69, 9.17) is 5.11 Å². The maximum atomic E-state index is 12.4. The fraction of sp³-hybridized carbons (Fsp3) is 0.0588. The zero-order chi connectivity index (χ0) is 17.7. The number of carboxylic acid groups (broad SMARTS) is 1. The molecule has 2 aromatic carbocycles. The van der Waals surface area contributed by atoms with E-state index in [1.807, 2.05) is 0 Å². The largest absolute Gasteiger partial charge is 0.478 e. The van der Waals surface area contributed by atoms with Gasteiger partial charge < -0.3 is 10.4 Å². The van der Waals surface area contributed by atoms with Crippen molar-refractivity contribution in [3.05, 3.63) is 65.2 Å². The average molecular weight is 333 g/mol. The number of anilines is 1. The normalized spacial score (nSPS) is 10.5. The van der Waals surface area contributed by atoms with Crippen molar-refractivity contribution in [1.82, 2.24) is 0 Å². The first-order chi connectivity index (χ1) is 11.3. The molecule has 1 amide bonds. The first-order valence-corrected chi connectivity index (χ1v) is 6.60. The van der Waals surface area contributed by atoms with Crippen LogP contribution in [0, 0.1) is 11.8 Å². The highest BCUT2D eigenvalue weighted by atomic mass is 19.4. The predicted octanol–water partition coefficient (Wildman–Crippen LogP) is 3.29. The Balaban J connectivity index is 2.42. The van der Waals surface area contributed by atoms with Crippen LogP contribution in [0.3, 0.4) is 0 Å². The maximum Gasteiger partial charge on any atom is 0.471 e. The second-order valence-electron chi connectivity index (χ2n) is 4.63. The van der Waals surface area contributed by atoms with Gasteiger partial charge in [0.15, 0.2) is 0 Å². The summed E-state index contributed by atoms with van der Waals surface area (Å²) in [5, 5.41) is 10.6. The minimum Gasteiger partial charge on any atom is -0.478 e. The molecular weight excluding hydrogens is 323 g/mol. The molecule has 7 heteroatoms. The van der Waals surface area contributed by atoms with Gasteiger partial charge >= 0.3 is 18.1 Å². The lowest BCUT2D eigenvalue weighted by atomic mass is 10.1. The second-order valence-corrected chi connectivity index (χ2v) is 4.63. The fourth-order valence-electron chi connectivity index (χ4n) is 1.74. The number of carboxylic acids is 1. The number of hydrogen-bond acceptors (Lipinski definition) is 2. The number of amides is 1. The van der Waals surface area contributed by atoms with Gasteiger partial charge in [0.05, 0.1) is 11.3 Å². The zero-order valence-electron chi connectivity index (χ0n) is 12.0. The molecule has 0 atom stereocenters. The molecule has 0 aromatic heterocycles. The Bertz CT molecular complexity index is 834. The fourth-order valence-corrected chi connectivity index (χ4v) is 1.74. The van der Waals surface area contributed by atoms with Crippen molar-refractivity contribution in [2.75, 3.05) is 5.32 Å². The van der Waals surface area contributed by atoms with E-state index in [2.05, 4.69) is 11.8 Å². The molecule has 4 nitrogen and oxygen atoms in total. The maximum absolute atomic E-state index is 12.4. The molecule has 2 N–H and O–H groups in total. The zero-order valence-corrected chi connectivity index (χ0v) is 12.0. The highest BCUT2D eigenvalue weighted by Gasteiger charge is 2.39. The molecule has 0 aliphatic carbocycles. The van der Waals surface area contributed by atoms with Crippen molar-refractivity contribution in [3.8, 4) is 11.8 Å². The minimum absolute atomic E-state index is 0.0708. The van der Waals surface area contributed by atoms with Crippen molar-refractivity contribution < 1.29 is 27.9 Å². The van der Waals surface area contributed by atoms with E-state index in [-0.39, 0.29) is 16.8 Å². The summed E-state index contributed by atoms with van der Waals surface area (Å²) in [4.78, 5) is 22.1. The topological polar surface area (TPSA) is 66.4 Å². The molecule has 0 radical (unpaired) electrons. The Morgan fingerprint density at radius 2 is 1.67 bits per heavy atom. The number of benzene rings is 2. The number of carbonyl (C=O) groups is 2. The van der Waals surface area contributed by atoms with Gasteiger partial charge in [0.1, 0.15) is 0 Å². The average Bonchev–Trinajstić information content (AvgIpc) is 2.53. The van der Waals surface area contributed by atoms with Crippen LogP contribution in [0.4, 0.5) is 18.9 Å². The third-order valence-corrected chi connectivity index (χ3v) is 2.89. The minimum atomic E-state index is -5.09. The van der Waals surface area contributed by atoms with Crippen LogP contribution in [-0.4, -0.2) is 23.2 Å². The SMILES string of the molecule is O=C(O)c1ccc(C#Cc2ccccc2)c(NC(=O)C(F)(F)F)c1. The number of alkyl halides is 3. The molecule has 0 bridgehead atoms. The molecule has 24 heavy (non-hydrogen) atoms. The molecule has 0 heterocycles. The lowest BCUT2D eigenvalue weighted by Crippen LogP contribution is -2.30. The van der Waals surface area contributed by atoms with Crippen molar-refractivity contribution in [2.45, 2.75) is 6.18 Å². The van der Waals surface area contributed by atoms with Crippen LogP contribution in [-0.2, 0) is 4.79 Å². The van der Waals surface area contributed by atoms with Gasteiger partial charge in [-0.3, -0.25) is 4.79 Å². The van der Waals surface area contributed by atoms with E-state index in [1.165, 1.54) is 12.1 Å². The second kappa shape index (κ2) is 6.87. The molecule has 0 saturated heterocycles. The van der Waals surface area contributed by atoms with Crippen LogP contribution in [0.5, 0.6) is 0 Å². The Morgan fingerprint density at radius 1 is 1.00 bits per heavy atom. The van der Waals surface area contributed by atoms with Crippen LogP contribution < -0.4 is 5.32 Å². The highest BCUT2D eigenvalue weighted by Crippen LogP contribution is 2.22. The summed E-state index contributed by atoms with van der Waals surface area (Å²) in [5.74, 6) is 1.83. The Labute approximate surface area is 134 Å². The van der Waals surface area contributed by atoms with Crippen molar-refractivity contribution >= 4 is 17.6 Å². The Morgan fingerprint density at radius 3 is 2.25 bits per heavy atom. The van der Waals surface area contributed by atoms with Crippen molar-refractivity contribution in [3.63, 3.8) is 0 Å². The summed E-state index contributed by atoms with van der Waals surface area (Å²) in [6.07, 6.45) is -5.09. The Kier molecular flexibility index (Phi) is 4.90. The number of aromatic carboxylic acids is 1. The number of rotatable bonds is 2. The first-order valence-electron chi connectivity index (χ1n) is 6.60. The van der Waals surface area contributed by atoms with Crippen molar-refractivity contribution in [1.29, 1.82) is 0 Å². The third-order valence-electron chi connectivity index (χ3n) is 2.89. The standard InChI is InChI=1S/C17H10F3NO3/c18-17(19,20)16(24)21-14-10-13(15(22)23)9-8-12(14)7-6-11-4-2-1-3-5-11/h1-5,8-10H,(H,21,24)(H,22,23). The van der Waals surface area contributed by atoms with Gasteiger partial charge in [-0.1, -0.05) is 30.0 Å². The molecule has 0 fully saturated rings. The number of halogens is 3. The first kappa shape index (κ1) is 17.1. The molecule has 2 rings (SSSR count). The molecule has 2 aromatic rings. The van der Waals surface area contributed by atoms with E-state index in [9.17, 15) is 22.8 Å². The van der Waals surface area contributed by atoms with Crippen LogP contribution in [0.25, 0.3) is 0 Å². The van der Waals surface area contributed by atoms with E-state index < -0.39 is 18.1 Å². The van der Waals surface area contributed by atoms with E-state index in [0.717, 1.165) is 6.07 Å². The summed E-state index contributed by atoms with van der Waals surface area (Å²) >= 11 is 0. The van der Waals surface area contributed by atoms with Gasteiger partial charge in [-0.2, -0.15) is 13.2 Å². The predicted molar refractivity (Wildman–Crippen MR) is 80.5 cm³/mol. The number of hydrogen-bond donors (Lipinski definition) is 2. The molecular formula is C17H10F3NO3. The molecule has 0 aliphatic heterocycles. The summed E-state index contributed by atoms with van der Waals surface area (Å²) in [5.41, 5.74) is 0.104. The van der Waals surface area contributed by atoms with E-state index >= 15 is 0 Å². The monoisotopic (exact) mass is 333 g/mol. The summed E-state index contributed by atoms with van der Waals surface area (Å²) < 4.78 is 37.2. The highest BCUT2D eigenvalue weighted by molar-refractivity contribution is 5.98. The van der Waals surface area contributed by atoms with E-state index in [0.29, 0.717) is 5.56 Å². The lowest BCUT2D eigenvalue weighted by Gasteiger charge is -2.10. The van der Waals surface area contributed by atoms with Gasteiger partial charge in [-0.15, -0.1) is 0 Å². The smallest absolute Gasteiger partial charge is 0.471 e. The van der Waals surface area contributed by atoms with Gasteiger partial charge in [0.25, 0.3) is 0 Å². The molecule has 0 unspecified atom stereocenters. The van der Waals surface area contributed by atoms with Gasteiger partial charge in [0.2, 0.25) is 0 Å². The van der Waals surface area contributed by atoms with Crippen LogP contribution >= 0.6 is 0 Å². The molecule has 0 saturated carbocycles. The quantitative estimate of drug-likeness (QED) is 0.829. The van der Waals surface area contributed by atoms with Crippen molar-refractivity contribution in [2.24, 2.45) is 0 Å². The number of nitrogens with one attached hydrogen (secondary N) is 1. The summed E-state index contributed by atoms with van der Waals surface area (Å²) in [7, 11) is 0. The van der Waals surface area contributed by atoms with Crippen LogP contribution in [0.1, 0.15) is 21.5 Å². The van der Waals surface area contributed by atoms with Crippen LogP contribution in [0.2, 0.25) is 0 Å². The van der Waals surface area contributed by atoms with Gasteiger partial charge in [-0.25, -0.2) is 4.79 Å². The van der Waals surface area contributed by atoms with Gasteiger partial charge in [0, 0.05) is 11.1 Å². The summed E-state index contributed by atoms with van der Waals surface area (Å²) in [6, 6.07) is 12.0. The lowest BCUT2D eigenvalue weighted by molar-refractivity contribution is -0.167. The Hall–Kier alpha value is -3.27. The molecule has 0 aliphatic rings. The van der Waals surface area contributed by atoms with Gasteiger partial charge in [-0.05, 0) is 30.3 Å². The molecule has 0 spiro atoms.